The van der Waals surface area contributed by atoms with Crippen LogP contribution in [0.1, 0.15) is 12.6 Å². The predicted molar refractivity (Wildman–Crippen MR) is 62.4 cm³/mol. The number of rotatable bonds is 5. The van der Waals surface area contributed by atoms with Crippen LogP contribution < -0.4 is 4.72 Å². The van der Waals surface area contributed by atoms with Crippen molar-refractivity contribution in [1.29, 1.82) is 5.26 Å². The largest absolute Gasteiger partial charge is 0.315 e. The number of hydrogen-bond acceptors (Lipinski definition) is 3. The highest BCUT2D eigenvalue weighted by molar-refractivity contribution is 7.92. The fourth-order valence-electron chi connectivity index (χ4n) is 1.21. The summed E-state index contributed by atoms with van der Waals surface area (Å²) in [6.45, 7) is 5.50. The Bertz CT molecular complexity index is 523. The second kappa shape index (κ2) is 4.86. The molecule has 0 aliphatic rings. The van der Waals surface area contributed by atoms with Gasteiger partial charge in [-0.1, -0.05) is 6.08 Å². The van der Waals surface area contributed by atoms with Gasteiger partial charge < -0.3 is 4.57 Å². The minimum absolute atomic E-state index is 0.00580. The lowest BCUT2D eigenvalue weighted by Crippen LogP contribution is -2.17. The van der Waals surface area contributed by atoms with Crippen molar-refractivity contribution in [3.63, 3.8) is 0 Å². The van der Waals surface area contributed by atoms with Crippen LogP contribution in [0.4, 0.5) is 5.82 Å². The molecule has 1 heterocycles. The highest BCUT2D eigenvalue weighted by atomic mass is 32.2. The van der Waals surface area contributed by atoms with Gasteiger partial charge in [0, 0.05) is 6.54 Å². The Morgan fingerprint density at radius 2 is 2.31 bits per heavy atom. The molecule has 0 amide bonds. The highest BCUT2D eigenvalue weighted by Gasteiger charge is 2.12. The van der Waals surface area contributed by atoms with Crippen molar-refractivity contribution in [2.24, 2.45) is 0 Å². The number of anilines is 1. The summed E-state index contributed by atoms with van der Waals surface area (Å²) in [4.78, 5) is 0. The first-order valence-electron chi connectivity index (χ1n) is 4.75. The molecule has 0 unspecified atom stereocenters. The molecule has 0 aliphatic heterocycles. The molecule has 0 saturated heterocycles. The maximum atomic E-state index is 11.4. The lowest BCUT2D eigenvalue weighted by atomic mass is 10.4. The number of allylic oxidation sites excluding steroid dienone is 1. The van der Waals surface area contributed by atoms with Crippen LogP contribution in [0.2, 0.25) is 0 Å². The Balaban J connectivity index is 3.11. The second-order valence-electron chi connectivity index (χ2n) is 3.12. The summed E-state index contributed by atoms with van der Waals surface area (Å²) in [5, 5.41) is 8.83. The van der Waals surface area contributed by atoms with E-state index in [9.17, 15) is 8.42 Å². The van der Waals surface area contributed by atoms with E-state index >= 15 is 0 Å². The molecule has 0 atom stereocenters. The molecule has 0 radical (unpaired) electrons. The SMILES string of the molecule is C=CCn1c(C#N)ccc1NS(=O)(=O)CC. The summed E-state index contributed by atoms with van der Waals surface area (Å²) in [7, 11) is -3.32. The summed E-state index contributed by atoms with van der Waals surface area (Å²) in [5.74, 6) is 0.382. The molecule has 1 N–H and O–H groups in total. The Morgan fingerprint density at radius 1 is 1.62 bits per heavy atom. The third kappa shape index (κ3) is 2.64. The van der Waals surface area contributed by atoms with E-state index in [2.05, 4.69) is 11.3 Å². The van der Waals surface area contributed by atoms with Gasteiger partial charge in [-0.05, 0) is 19.1 Å². The quantitative estimate of drug-likeness (QED) is 0.787. The fourth-order valence-corrected chi connectivity index (χ4v) is 1.85. The van der Waals surface area contributed by atoms with E-state index in [1.54, 1.807) is 29.7 Å². The summed E-state index contributed by atoms with van der Waals surface area (Å²) >= 11 is 0. The van der Waals surface area contributed by atoms with Gasteiger partial charge >= 0.3 is 0 Å². The zero-order chi connectivity index (χ0) is 12.2. The average Bonchev–Trinajstić information content (AvgIpc) is 2.61. The molecular weight excluding hydrogens is 226 g/mol. The Morgan fingerprint density at radius 3 is 2.81 bits per heavy atom. The van der Waals surface area contributed by atoms with Crippen molar-refractivity contribution in [3.05, 3.63) is 30.5 Å². The summed E-state index contributed by atoms with van der Waals surface area (Å²) in [6.07, 6.45) is 1.60. The molecule has 0 fully saturated rings. The van der Waals surface area contributed by atoms with E-state index in [4.69, 9.17) is 5.26 Å². The second-order valence-corrected chi connectivity index (χ2v) is 5.13. The first-order valence-corrected chi connectivity index (χ1v) is 6.40. The number of hydrogen-bond donors (Lipinski definition) is 1. The molecule has 5 nitrogen and oxygen atoms in total. The number of aromatic nitrogens is 1. The molecule has 1 rings (SSSR count). The van der Waals surface area contributed by atoms with E-state index < -0.39 is 10.0 Å². The first-order chi connectivity index (χ1) is 7.54. The van der Waals surface area contributed by atoms with Crippen molar-refractivity contribution in [1.82, 2.24) is 4.57 Å². The van der Waals surface area contributed by atoms with Gasteiger partial charge in [-0.2, -0.15) is 5.26 Å². The van der Waals surface area contributed by atoms with E-state index in [0.29, 0.717) is 18.1 Å². The molecule has 0 aliphatic carbocycles. The van der Waals surface area contributed by atoms with Crippen LogP contribution >= 0.6 is 0 Å². The van der Waals surface area contributed by atoms with Gasteiger partial charge in [-0.15, -0.1) is 6.58 Å². The van der Waals surface area contributed by atoms with Crippen LogP contribution in [0.15, 0.2) is 24.8 Å². The third-order valence-corrected chi connectivity index (χ3v) is 3.33. The first kappa shape index (κ1) is 12.3. The number of sulfonamides is 1. The Labute approximate surface area is 95.1 Å². The van der Waals surface area contributed by atoms with Gasteiger partial charge in [0.25, 0.3) is 0 Å². The smallest absolute Gasteiger partial charge is 0.233 e. The maximum absolute atomic E-state index is 11.4. The highest BCUT2D eigenvalue weighted by Crippen LogP contribution is 2.15. The molecule has 16 heavy (non-hydrogen) atoms. The van der Waals surface area contributed by atoms with E-state index in [1.807, 2.05) is 6.07 Å². The van der Waals surface area contributed by atoms with Crippen LogP contribution in [0.25, 0.3) is 0 Å². The zero-order valence-corrected chi connectivity index (χ0v) is 9.79. The topological polar surface area (TPSA) is 74.9 Å². The monoisotopic (exact) mass is 239 g/mol. The molecule has 1 aromatic heterocycles. The van der Waals surface area contributed by atoms with Crippen LogP contribution in [0, 0.1) is 11.3 Å². The van der Waals surface area contributed by atoms with Crippen molar-refractivity contribution in [3.8, 4) is 6.07 Å². The van der Waals surface area contributed by atoms with Crippen molar-refractivity contribution >= 4 is 15.8 Å². The van der Waals surface area contributed by atoms with Gasteiger partial charge in [0.15, 0.2) is 0 Å². The van der Waals surface area contributed by atoms with E-state index in [-0.39, 0.29) is 5.75 Å². The van der Waals surface area contributed by atoms with Gasteiger partial charge in [0.05, 0.1) is 5.75 Å². The fraction of sp³-hybridized carbons (Fsp3) is 0.300. The Kier molecular flexibility index (Phi) is 3.74. The van der Waals surface area contributed by atoms with Crippen molar-refractivity contribution in [2.45, 2.75) is 13.5 Å². The molecule has 0 bridgehead atoms. The van der Waals surface area contributed by atoms with Gasteiger partial charge in [-0.3, -0.25) is 4.72 Å². The molecule has 0 saturated carbocycles. The van der Waals surface area contributed by atoms with Crippen molar-refractivity contribution in [2.75, 3.05) is 10.5 Å². The summed E-state index contributed by atoms with van der Waals surface area (Å²) in [6, 6.07) is 5.12. The molecule has 6 heteroatoms. The van der Waals surface area contributed by atoms with Gasteiger partial charge in [-0.25, -0.2) is 8.42 Å². The summed E-state index contributed by atoms with van der Waals surface area (Å²) < 4.78 is 26.7. The molecule has 0 aromatic carbocycles. The van der Waals surface area contributed by atoms with Crippen LogP contribution in [0.3, 0.4) is 0 Å². The van der Waals surface area contributed by atoms with Crippen LogP contribution in [-0.2, 0) is 16.6 Å². The van der Waals surface area contributed by atoms with E-state index in [1.165, 1.54) is 0 Å². The lowest BCUT2D eigenvalue weighted by Gasteiger charge is -2.09. The predicted octanol–water partition coefficient (Wildman–Crippen LogP) is 1.31. The third-order valence-electron chi connectivity index (χ3n) is 2.05. The van der Waals surface area contributed by atoms with Gasteiger partial charge in [0.2, 0.25) is 10.0 Å². The number of nitrogens with zero attached hydrogens (tertiary/aromatic N) is 2. The van der Waals surface area contributed by atoms with Gasteiger partial charge in [0.1, 0.15) is 17.6 Å². The standard InChI is InChI=1S/C10H13N3O2S/c1-3-7-13-9(8-11)5-6-10(13)12-16(14,15)4-2/h3,5-6,12H,1,4,7H2,2H3. The minimum atomic E-state index is -3.32. The normalized spacial score (nSPS) is 10.8. The minimum Gasteiger partial charge on any atom is -0.315 e. The number of nitriles is 1. The van der Waals surface area contributed by atoms with E-state index in [0.717, 1.165) is 0 Å². The van der Waals surface area contributed by atoms with Crippen molar-refractivity contribution < 1.29 is 8.42 Å². The average molecular weight is 239 g/mol. The summed E-state index contributed by atoms with van der Waals surface area (Å²) in [5.41, 5.74) is 0.397. The molecular formula is C10H13N3O2S. The number of nitrogens with one attached hydrogen (secondary N) is 1. The maximum Gasteiger partial charge on any atom is 0.233 e. The zero-order valence-electron chi connectivity index (χ0n) is 8.97. The van der Waals surface area contributed by atoms with Crippen LogP contribution in [0.5, 0.6) is 0 Å². The molecule has 86 valence electrons. The Hall–Kier alpha value is -1.74. The molecule has 1 aromatic rings. The lowest BCUT2D eigenvalue weighted by molar-refractivity contribution is 0.601. The molecule has 0 spiro atoms. The van der Waals surface area contributed by atoms with Crippen LogP contribution in [-0.4, -0.2) is 18.7 Å².